The Morgan fingerprint density at radius 1 is 0.792 bits per heavy atom. The molecule has 24 heavy (non-hydrogen) atoms. The Bertz CT molecular complexity index is 830. The van der Waals surface area contributed by atoms with Gasteiger partial charge >= 0.3 is 5.97 Å². The Hall–Kier alpha value is -3.40. The molecule has 0 heterocycles. The van der Waals surface area contributed by atoms with Crippen LogP contribution in [0.25, 0.3) is 0 Å². The highest BCUT2D eigenvalue weighted by Crippen LogP contribution is 2.21. The van der Waals surface area contributed by atoms with Crippen molar-refractivity contribution >= 4 is 12.2 Å². The number of rotatable bonds is 5. The van der Waals surface area contributed by atoms with E-state index in [0.717, 1.165) is 11.3 Å². The summed E-state index contributed by atoms with van der Waals surface area (Å²) in [6.07, 6.45) is 1.47. The zero-order valence-corrected chi connectivity index (χ0v) is 12.8. The molecule has 0 aliphatic rings. The van der Waals surface area contributed by atoms with Gasteiger partial charge in [0.2, 0.25) is 0 Å². The maximum atomic E-state index is 11.8. The minimum Gasteiger partial charge on any atom is -0.457 e. The van der Waals surface area contributed by atoms with Crippen LogP contribution in [0.2, 0.25) is 0 Å². The Morgan fingerprint density at radius 3 is 2.21 bits per heavy atom. The maximum absolute atomic E-state index is 11.8. The molecular formula is C20H15NO3. The largest absolute Gasteiger partial charge is 0.457 e. The van der Waals surface area contributed by atoms with Crippen molar-refractivity contribution in [3.8, 4) is 11.5 Å². The van der Waals surface area contributed by atoms with Crippen LogP contribution in [0.4, 0.5) is 0 Å². The maximum Gasteiger partial charge on any atom is 0.365 e. The number of carbonyl (C=O) groups is 1. The minimum absolute atomic E-state index is 0.454. The van der Waals surface area contributed by atoms with Crippen molar-refractivity contribution < 1.29 is 14.4 Å². The van der Waals surface area contributed by atoms with E-state index in [1.165, 1.54) is 6.21 Å². The topological polar surface area (TPSA) is 47.9 Å². The van der Waals surface area contributed by atoms with Crippen LogP contribution in [-0.2, 0) is 4.84 Å². The highest BCUT2D eigenvalue weighted by Gasteiger charge is 2.04. The van der Waals surface area contributed by atoms with E-state index in [1.807, 2.05) is 60.7 Å². The summed E-state index contributed by atoms with van der Waals surface area (Å²) >= 11 is 0. The highest BCUT2D eigenvalue weighted by molar-refractivity contribution is 5.90. The van der Waals surface area contributed by atoms with E-state index in [1.54, 1.807) is 24.3 Å². The minimum atomic E-state index is -0.497. The molecule has 0 aromatic heterocycles. The summed E-state index contributed by atoms with van der Waals surface area (Å²) in [5.41, 5.74) is 1.22. The van der Waals surface area contributed by atoms with E-state index < -0.39 is 5.97 Å². The molecule has 4 nitrogen and oxygen atoms in total. The number of para-hydroxylation sites is 1. The molecule has 0 saturated heterocycles. The van der Waals surface area contributed by atoms with Gasteiger partial charge in [-0.05, 0) is 42.0 Å². The van der Waals surface area contributed by atoms with Gasteiger partial charge in [0.25, 0.3) is 0 Å². The van der Waals surface area contributed by atoms with Crippen LogP contribution in [0.1, 0.15) is 15.9 Å². The molecule has 0 aliphatic carbocycles. The van der Waals surface area contributed by atoms with Crippen molar-refractivity contribution in [2.75, 3.05) is 0 Å². The Kier molecular flexibility index (Phi) is 5.00. The predicted molar refractivity (Wildman–Crippen MR) is 92.4 cm³/mol. The van der Waals surface area contributed by atoms with Gasteiger partial charge in [-0.15, -0.1) is 0 Å². The van der Waals surface area contributed by atoms with E-state index in [4.69, 9.17) is 9.57 Å². The van der Waals surface area contributed by atoms with Crippen molar-refractivity contribution in [3.05, 3.63) is 96.1 Å². The fourth-order valence-corrected chi connectivity index (χ4v) is 2.04. The number of hydrogen-bond acceptors (Lipinski definition) is 4. The third-order valence-corrected chi connectivity index (χ3v) is 3.18. The first kappa shape index (κ1) is 15.5. The van der Waals surface area contributed by atoms with Crippen LogP contribution in [0.15, 0.2) is 90.1 Å². The molecule has 4 heteroatoms. The van der Waals surface area contributed by atoms with Gasteiger partial charge in [0.05, 0.1) is 11.8 Å². The van der Waals surface area contributed by atoms with Crippen LogP contribution in [0, 0.1) is 0 Å². The molecule has 3 rings (SSSR count). The zero-order valence-electron chi connectivity index (χ0n) is 12.8. The van der Waals surface area contributed by atoms with Gasteiger partial charge in [-0.2, -0.15) is 0 Å². The molecule has 0 radical (unpaired) electrons. The molecule has 0 saturated carbocycles. The molecule has 0 amide bonds. The molecule has 0 bridgehead atoms. The summed E-state index contributed by atoms with van der Waals surface area (Å²) < 4.78 is 5.75. The Morgan fingerprint density at radius 2 is 1.46 bits per heavy atom. The van der Waals surface area contributed by atoms with E-state index >= 15 is 0 Å². The van der Waals surface area contributed by atoms with Crippen LogP contribution < -0.4 is 4.74 Å². The van der Waals surface area contributed by atoms with Crippen LogP contribution >= 0.6 is 0 Å². The van der Waals surface area contributed by atoms with Gasteiger partial charge in [0, 0.05) is 0 Å². The third-order valence-electron chi connectivity index (χ3n) is 3.18. The molecule has 0 fully saturated rings. The Labute approximate surface area is 140 Å². The molecule has 0 N–H and O–H groups in total. The second-order valence-corrected chi connectivity index (χ2v) is 4.97. The number of hydrogen-bond donors (Lipinski definition) is 0. The van der Waals surface area contributed by atoms with E-state index in [-0.39, 0.29) is 0 Å². The number of carbonyl (C=O) groups excluding carboxylic acids is 1. The van der Waals surface area contributed by atoms with Crippen molar-refractivity contribution in [3.63, 3.8) is 0 Å². The summed E-state index contributed by atoms with van der Waals surface area (Å²) in [5.74, 6) is 0.935. The lowest BCUT2D eigenvalue weighted by Gasteiger charge is -2.05. The molecule has 0 atom stereocenters. The van der Waals surface area contributed by atoms with Gasteiger partial charge in [-0.1, -0.05) is 53.7 Å². The van der Waals surface area contributed by atoms with Gasteiger partial charge in [-0.25, -0.2) is 4.79 Å². The number of benzene rings is 3. The van der Waals surface area contributed by atoms with E-state index in [2.05, 4.69) is 5.16 Å². The molecule has 118 valence electrons. The molecule has 0 aliphatic heterocycles. The molecule has 3 aromatic carbocycles. The summed E-state index contributed by atoms with van der Waals surface area (Å²) in [7, 11) is 0. The fraction of sp³-hybridized carbons (Fsp3) is 0. The summed E-state index contributed by atoms with van der Waals surface area (Å²) in [4.78, 5) is 16.7. The zero-order chi connectivity index (χ0) is 16.6. The first-order chi connectivity index (χ1) is 11.8. The van der Waals surface area contributed by atoms with Crippen molar-refractivity contribution in [1.29, 1.82) is 0 Å². The lowest BCUT2D eigenvalue weighted by atomic mass is 10.2. The number of nitrogens with zero attached hydrogens (tertiary/aromatic N) is 1. The predicted octanol–water partition coefficient (Wildman–Crippen LogP) is 4.67. The quantitative estimate of drug-likeness (QED) is 0.390. The Balaban J connectivity index is 1.63. The van der Waals surface area contributed by atoms with Gasteiger partial charge in [-0.3, -0.25) is 0 Å². The summed E-state index contributed by atoms with van der Waals surface area (Å²) in [6.45, 7) is 0. The average Bonchev–Trinajstić information content (AvgIpc) is 2.63. The lowest BCUT2D eigenvalue weighted by molar-refractivity contribution is 0.0519. The van der Waals surface area contributed by atoms with Gasteiger partial charge in [0.15, 0.2) is 0 Å². The second kappa shape index (κ2) is 7.74. The molecule has 0 spiro atoms. The number of oxime groups is 1. The van der Waals surface area contributed by atoms with Crippen molar-refractivity contribution in [2.24, 2.45) is 5.16 Å². The van der Waals surface area contributed by atoms with E-state index in [0.29, 0.717) is 11.3 Å². The highest BCUT2D eigenvalue weighted by atomic mass is 16.7. The SMILES string of the molecule is O=C(O/N=C/c1cccc(Oc2ccccc2)c1)c1ccccc1. The standard InChI is InChI=1S/C20H15NO3/c22-20(17-9-3-1-4-10-17)24-21-15-16-8-7-13-19(14-16)23-18-11-5-2-6-12-18/h1-15H/b21-15+. The molecule has 3 aromatic rings. The monoisotopic (exact) mass is 317 g/mol. The summed E-state index contributed by atoms with van der Waals surface area (Å²) in [6, 6.07) is 25.6. The lowest BCUT2D eigenvalue weighted by Crippen LogP contribution is -2.00. The van der Waals surface area contributed by atoms with Crippen LogP contribution in [0.3, 0.4) is 0 Å². The second-order valence-electron chi connectivity index (χ2n) is 4.97. The van der Waals surface area contributed by atoms with Crippen molar-refractivity contribution in [1.82, 2.24) is 0 Å². The summed E-state index contributed by atoms with van der Waals surface area (Å²) in [5, 5.41) is 3.74. The van der Waals surface area contributed by atoms with Gasteiger partial charge < -0.3 is 9.57 Å². The first-order valence-electron chi connectivity index (χ1n) is 7.44. The normalized spacial score (nSPS) is 10.5. The fourth-order valence-electron chi connectivity index (χ4n) is 2.04. The smallest absolute Gasteiger partial charge is 0.365 e. The van der Waals surface area contributed by atoms with Crippen LogP contribution in [-0.4, -0.2) is 12.2 Å². The number of ether oxygens (including phenoxy) is 1. The molecular weight excluding hydrogens is 302 g/mol. The van der Waals surface area contributed by atoms with Crippen LogP contribution in [0.5, 0.6) is 11.5 Å². The van der Waals surface area contributed by atoms with Gasteiger partial charge in [0.1, 0.15) is 11.5 Å². The first-order valence-corrected chi connectivity index (χ1v) is 7.44. The average molecular weight is 317 g/mol. The third kappa shape index (κ3) is 4.30. The van der Waals surface area contributed by atoms with E-state index in [9.17, 15) is 4.79 Å². The van der Waals surface area contributed by atoms with Crippen molar-refractivity contribution in [2.45, 2.75) is 0 Å². The molecule has 0 unspecified atom stereocenters.